The Kier molecular flexibility index (Phi) is 14.2. The molecular weight excluding hydrogens is 330 g/mol. The zero-order valence-corrected chi connectivity index (χ0v) is 16.9. The lowest BCUT2D eigenvalue weighted by atomic mass is 10.3. The van der Waals surface area contributed by atoms with E-state index in [0.717, 1.165) is 6.42 Å². The molecule has 7 nitrogen and oxygen atoms in total. The summed E-state index contributed by atoms with van der Waals surface area (Å²) in [5.41, 5.74) is 0. The second-order valence-electron chi connectivity index (χ2n) is 5.24. The first-order valence-corrected chi connectivity index (χ1v) is 10.9. The van der Waals surface area contributed by atoms with Crippen molar-refractivity contribution < 1.29 is 27.5 Å². The third kappa shape index (κ3) is 11.0. The lowest BCUT2D eigenvalue weighted by Crippen LogP contribution is -2.46. The summed E-state index contributed by atoms with van der Waals surface area (Å²) in [7, 11) is -2.63. The van der Waals surface area contributed by atoms with Crippen LogP contribution in [0.5, 0.6) is 0 Å². The lowest BCUT2D eigenvalue weighted by molar-refractivity contribution is 0.0293. The maximum Gasteiger partial charge on any atom is 0.500 e. The van der Waals surface area contributed by atoms with Gasteiger partial charge in [0, 0.05) is 32.4 Å². The van der Waals surface area contributed by atoms with Crippen LogP contribution < -0.4 is 5.32 Å². The van der Waals surface area contributed by atoms with Crippen LogP contribution in [0.2, 0.25) is 6.04 Å². The van der Waals surface area contributed by atoms with Crippen LogP contribution in [-0.2, 0) is 22.8 Å². The third-order valence-electron chi connectivity index (χ3n) is 3.32. The predicted octanol–water partition coefficient (Wildman–Crippen LogP) is 2.97. The molecule has 144 valence electrons. The molecule has 1 N–H and O–H groups in total. The van der Waals surface area contributed by atoms with Crippen molar-refractivity contribution in [2.45, 2.75) is 59.6 Å². The van der Waals surface area contributed by atoms with Crippen molar-refractivity contribution in [3.8, 4) is 0 Å². The maximum absolute atomic E-state index is 11.6. The van der Waals surface area contributed by atoms with Crippen LogP contribution in [0.3, 0.4) is 0 Å². The first-order valence-electron chi connectivity index (χ1n) is 8.97. The number of hydrogen-bond acceptors (Lipinski definition) is 6. The molecule has 0 heterocycles. The Labute approximate surface area is 147 Å². The van der Waals surface area contributed by atoms with Gasteiger partial charge in [-0.05, 0) is 40.5 Å². The molecule has 0 aromatic carbocycles. The Bertz CT molecular complexity index is 302. The van der Waals surface area contributed by atoms with Crippen LogP contribution in [0, 0.1) is 0 Å². The van der Waals surface area contributed by atoms with Crippen molar-refractivity contribution >= 4 is 14.9 Å². The van der Waals surface area contributed by atoms with Crippen molar-refractivity contribution in [1.29, 1.82) is 0 Å². The van der Waals surface area contributed by atoms with E-state index in [4.69, 9.17) is 22.8 Å². The van der Waals surface area contributed by atoms with Gasteiger partial charge in [0.1, 0.15) is 6.61 Å². The first-order chi connectivity index (χ1) is 11.5. The fourth-order valence-electron chi connectivity index (χ4n) is 2.05. The van der Waals surface area contributed by atoms with E-state index in [2.05, 4.69) is 5.32 Å². The van der Waals surface area contributed by atoms with Gasteiger partial charge in [0.25, 0.3) is 0 Å². The highest BCUT2D eigenvalue weighted by molar-refractivity contribution is 6.60. The second-order valence-corrected chi connectivity index (χ2v) is 7.97. The van der Waals surface area contributed by atoms with Crippen molar-refractivity contribution in [1.82, 2.24) is 5.32 Å². The molecule has 0 fully saturated rings. The zero-order valence-electron chi connectivity index (χ0n) is 15.9. The van der Waals surface area contributed by atoms with Crippen molar-refractivity contribution in [3.63, 3.8) is 0 Å². The van der Waals surface area contributed by atoms with Crippen LogP contribution in [-0.4, -0.2) is 60.6 Å². The van der Waals surface area contributed by atoms with Crippen LogP contribution in [0.1, 0.15) is 47.5 Å². The molecular formula is C16H35NO6Si. The molecule has 0 aliphatic rings. The largest absolute Gasteiger partial charge is 0.500 e. The molecule has 0 spiro atoms. The van der Waals surface area contributed by atoms with Crippen molar-refractivity contribution in [2.75, 3.05) is 39.6 Å². The van der Waals surface area contributed by atoms with E-state index in [1.54, 1.807) is 0 Å². The Morgan fingerprint density at radius 2 is 1.58 bits per heavy atom. The number of amides is 1. The highest BCUT2D eigenvalue weighted by Crippen LogP contribution is 2.17. The molecule has 1 amide bonds. The average Bonchev–Trinajstić information content (AvgIpc) is 2.56. The van der Waals surface area contributed by atoms with Gasteiger partial charge in [0.15, 0.2) is 0 Å². The van der Waals surface area contributed by atoms with E-state index in [0.29, 0.717) is 45.4 Å². The third-order valence-corrected chi connectivity index (χ3v) is 6.47. The summed E-state index contributed by atoms with van der Waals surface area (Å²) in [6.07, 6.45) is 1.41. The standard InChI is InChI=1S/C16H35NO6Si/c1-6-15(5)19-12-13-20-16(18)17-11-10-14-24(21-7-2,22-8-3)23-9-4/h15H,6-14H2,1-5H3,(H,17,18). The van der Waals surface area contributed by atoms with Gasteiger partial charge in [-0.25, -0.2) is 4.79 Å². The van der Waals surface area contributed by atoms with Gasteiger partial charge in [-0.2, -0.15) is 0 Å². The lowest BCUT2D eigenvalue weighted by Gasteiger charge is -2.28. The van der Waals surface area contributed by atoms with Crippen LogP contribution >= 0.6 is 0 Å². The SMILES string of the molecule is CCO[Si](CCCNC(=O)OCCOC(C)CC)(OCC)OCC. The molecule has 0 bridgehead atoms. The molecule has 0 aliphatic carbocycles. The topological polar surface area (TPSA) is 75.3 Å². The van der Waals surface area contributed by atoms with E-state index < -0.39 is 14.9 Å². The highest BCUT2D eigenvalue weighted by atomic mass is 28.4. The summed E-state index contributed by atoms with van der Waals surface area (Å²) in [5, 5.41) is 2.72. The van der Waals surface area contributed by atoms with E-state index in [1.807, 2.05) is 34.6 Å². The smallest absolute Gasteiger partial charge is 0.447 e. The Balaban J connectivity index is 3.95. The van der Waals surface area contributed by atoms with Crippen LogP contribution in [0.25, 0.3) is 0 Å². The van der Waals surface area contributed by atoms with Gasteiger partial charge < -0.3 is 28.1 Å². The van der Waals surface area contributed by atoms with E-state index >= 15 is 0 Å². The molecule has 0 saturated heterocycles. The molecule has 0 aromatic heterocycles. The number of alkyl carbamates (subject to hydrolysis) is 1. The number of ether oxygens (including phenoxy) is 2. The van der Waals surface area contributed by atoms with Gasteiger partial charge in [0.05, 0.1) is 12.7 Å². The van der Waals surface area contributed by atoms with Gasteiger partial charge in [0.2, 0.25) is 0 Å². The molecule has 0 aliphatic heterocycles. The fraction of sp³-hybridized carbons (Fsp3) is 0.938. The average molecular weight is 366 g/mol. The fourth-order valence-corrected chi connectivity index (χ4v) is 4.66. The molecule has 0 rings (SSSR count). The number of carbonyl (C=O) groups is 1. The van der Waals surface area contributed by atoms with Crippen molar-refractivity contribution in [3.05, 3.63) is 0 Å². The highest BCUT2D eigenvalue weighted by Gasteiger charge is 2.39. The number of rotatable bonds is 15. The second kappa shape index (κ2) is 14.7. The summed E-state index contributed by atoms with van der Waals surface area (Å²) < 4.78 is 27.8. The first kappa shape index (κ1) is 23.3. The molecule has 1 atom stereocenters. The maximum atomic E-state index is 11.6. The van der Waals surface area contributed by atoms with Gasteiger partial charge in [-0.1, -0.05) is 6.92 Å². The van der Waals surface area contributed by atoms with Gasteiger partial charge in [-0.15, -0.1) is 0 Å². The summed E-state index contributed by atoms with van der Waals surface area (Å²) in [5.74, 6) is 0. The molecule has 1 unspecified atom stereocenters. The minimum atomic E-state index is -2.63. The predicted molar refractivity (Wildman–Crippen MR) is 95.1 cm³/mol. The Hall–Kier alpha value is -0.673. The molecule has 8 heteroatoms. The number of hydrogen-bond donors (Lipinski definition) is 1. The summed E-state index contributed by atoms with van der Waals surface area (Å²) in [6, 6.07) is 0.667. The zero-order chi connectivity index (χ0) is 18.3. The van der Waals surface area contributed by atoms with E-state index in [9.17, 15) is 4.79 Å². The monoisotopic (exact) mass is 365 g/mol. The number of carbonyl (C=O) groups excluding carboxylic acids is 1. The Morgan fingerprint density at radius 3 is 2.08 bits per heavy atom. The van der Waals surface area contributed by atoms with Crippen molar-refractivity contribution in [2.24, 2.45) is 0 Å². The van der Waals surface area contributed by atoms with E-state index in [1.165, 1.54) is 0 Å². The van der Waals surface area contributed by atoms with E-state index in [-0.39, 0.29) is 12.7 Å². The van der Waals surface area contributed by atoms with Gasteiger partial charge >= 0.3 is 14.9 Å². The minimum absolute atomic E-state index is 0.186. The molecule has 0 aromatic rings. The number of nitrogens with one attached hydrogen (secondary N) is 1. The molecule has 0 radical (unpaired) electrons. The minimum Gasteiger partial charge on any atom is -0.447 e. The van der Waals surface area contributed by atoms with Gasteiger partial charge in [-0.3, -0.25) is 0 Å². The van der Waals surface area contributed by atoms with Crippen LogP contribution in [0.15, 0.2) is 0 Å². The summed E-state index contributed by atoms with van der Waals surface area (Å²) in [4.78, 5) is 11.6. The normalized spacial score (nSPS) is 12.9. The summed E-state index contributed by atoms with van der Waals surface area (Å²) >= 11 is 0. The Morgan fingerprint density at radius 1 is 1.00 bits per heavy atom. The molecule has 0 saturated carbocycles. The summed E-state index contributed by atoms with van der Waals surface area (Å²) in [6.45, 7) is 12.6. The molecule has 24 heavy (non-hydrogen) atoms. The van der Waals surface area contributed by atoms with Crippen LogP contribution in [0.4, 0.5) is 4.79 Å². The quantitative estimate of drug-likeness (QED) is 0.355.